The van der Waals surface area contributed by atoms with Crippen LogP contribution in [0.1, 0.15) is 16.1 Å². The molecule has 1 aromatic carbocycles. The Bertz CT molecular complexity index is 624. The summed E-state index contributed by atoms with van der Waals surface area (Å²) >= 11 is 6.67. The summed E-state index contributed by atoms with van der Waals surface area (Å²) in [6.45, 7) is 1.86. The fraction of sp³-hybridized carbons (Fsp3) is 0.0769. The predicted octanol–water partition coefficient (Wildman–Crippen LogP) is 3.75. The van der Waals surface area contributed by atoms with Crippen LogP contribution >= 0.6 is 31.9 Å². The van der Waals surface area contributed by atoms with E-state index in [2.05, 4.69) is 42.2 Å². The standard InChI is InChI=1S/C13H11Br2N3O/c1-7-11(15)2-3-12(17-7)18-13(19)8-4-9(14)6-10(16)5-8/h2-6H,16H2,1H3,(H,17,18,19). The molecular formula is C13H11Br2N3O. The maximum absolute atomic E-state index is 12.1. The Morgan fingerprint density at radius 1 is 1.26 bits per heavy atom. The second-order valence-electron chi connectivity index (χ2n) is 3.99. The molecule has 3 N–H and O–H groups in total. The molecule has 1 amide bonds. The number of rotatable bonds is 2. The lowest BCUT2D eigenvalue weighted by molar-refractivity contribution is 0.102. The zero-order valence-electron chi connectivity index (χ0n) is 10.1. The normalized spacial score (nSPS) is 10.3. The van der Waals surface area contributed by atoms with Gasteiger partial charge >= 0.3 is 0 Å². The first-order chi connectivity index (χ1) is 8.95. The maximum atomic E-state index is 12.1. The van der Waals surface area contributed by atoms with Gasteiger partial charge in [-0.2, -0.15) is 0 Å². The minimum absolute atomic E-state index is 0.248. The molecule has 0 aliphatic rings. The number of carbonyl (C=O) groups excluding carboxylic acids is 1. The van der Waals surface area contributed by atoms with E-state index in [9.17, 15) is 4.79 Å². The van der Waals surface area contributed by atoms with E-state index in [1.165, 1.54) is 0 Å². The number of benzene rings is 1. The van der Waals surface area contributed by atoms with Gasteiger partial charge in [-0.05, 0) is 53.2 Å². The summed E-state index contributed by atoms with van der Waals surface area (Å²) in [4.78, 5) is 16.3. The highest BCUT2D eigenvalue weighted by Gasteiger charge is 2.09. The van der Waals surface area contributed by atoms with Crippen molar-refractivity contribution in [3.8, 4) is 0 Å². The topological polar surface area (TPSA) is 68.0 Å². The number of carbonyl (C=O) groups is 1. The monoisotopic (exact) mass is 383 g/mol. The first-order valence-corrected chi connectivity index (χ1v) is 7.05. The average Bonchev–Trinajstić information content (AvgIpc) is 2.32. The highest BCUT2D eigenvalue weighted by Crippen LogP contribution is 2.19. The molecule has 0 bridgehead atoms. The molecular weight excluding hydrogens is 374 g/mol. The molecule has 0 aliphatic carbocycles. The third kappa shape index (κ3) is 3.54. The Balaban J connectivity index is 2.22. The molecule has 1 aromatic heterocycles. The number of nitrogen functional groups attached to an aromatic ring is 1. The summed E-state index contributed by atoms with van der Waals surface area (Å²) in [5, 5.41) is 2.73. The maximum Gasteiger partial charge on any atom is 0.256 e. The van der Waals surface area contributed by atoms with Crippen LogP contribution in [0.2, 0.25) is 0 Å². The smallest absolute Gasteiger partial charge is 0.256 e. The van der Waals surface area contributed by atoms with Crippen LogP contribution in [0, 0.1) is 6.92 Å². The van der Waals surface area contributed by atoms with E-state index in [-0.39, 0.29) is 5.91 Å². The van der Waals surface area contributed by atoms with E-state index in [1.54, 1.807) is 24.3 Å². The molecule has 1 heterocycles. The Labute approximate surface area is 127 Å². The van der Waals surface area contributed by atoms with Crippen molar-refractivity contribution < 1.29 is 4.79 Å². The minimum atomic E-state index is -0.248. The van der Waals surface area contributed by atoms with Crippen molar-refractivity contribution in [1.29, 1.82) is 0 Å². The van der Waals surface area contributed by atoms with Crippen LogP contribution < -0.4 is 11.1 Å². The second kappa shape index (κ2) is 5.71. The molecule has 2 aromatic rings. The van der Waals surface area contributed by atoms with E-state index in [0.29, 0.717) is 17.1 Å². The van der Waals surface area contributed by atoms with Gasteiger partial charge in [0.2, 0.25) is 0 Å². The number of pyridine rings is 1. The molecule has 2 rings (SSSR count). The Hall–Kier alpha value is -1.40. The number of nitrogens with one attached hydrogen (secondary N) is 1. The molecule has 0 fully saturated rings. The van der Waals surface area contributed by atoms with Gasteiger partial charge in [0.05, 0.1) is 5.69 Å². The average molecular weight is 385 g/mol. The van der Waals surface area contributed by atoms with E-state index in [4.69, 9.17) is 5.73 Å². The van der Waals surface area contributed by atoms with Gasteiger partial charge in [-0.1, -0.05) is 15.9 Å². The predicted molar refractivity (Wildman–Crippen MR) is 83.2 cm³/mol. The Kier molecular flexibility index (Phi) is 4.21. The number of nitrogens with zero attached hydrogens (tertiary/aromatic N) is 1. The molecule has 19 heavy (non-hydrogen) atoms. The van der Waals surface area contributed by atoms with E-state index in [1.807, 2.05) is 13.0 Å². The summed E-state index contributed by atoms with van der Waals surface area (Å²) in [5.74, 6) is 0.256. The van der Waals surface area contributed by atoms with Crippen molar-refractivity contribution in [1.82, 2.24) is 4.98 Å². The number of nitrogens with two attached hydrogens (primary N) is 1. The van der Waals surface area contributed by atoms with Gasteiger partial charge in [-0.15, -0.1) is 0 Å². The lowest BCUT2D eigenvalue weighted by atomic mass is 10.2. The van der Waals surface area contributed by atoms with Crippen LogP contribution in [-0.4, -0.2) is 10.9 Å². The molecule has 0 saturated heterocycles. The number of aryl methyl sites for hydroxylation is 1. The first kappa shape index (κ1) is 14.0. The fourth-order valence-corrected chi connectivity index (χ4v) is 2.28. The largest absolute Gasteiger partial charge is 0.399 e. The molecule has 4 nitrogen and oxygen atoms in total. The highest BCUT2D eigenvalue weighted by atomic mass is 79.9. The van der Waals surface area contributed by atoms with Crippen molar-refractivity contribution in [2.75, 3.05) is 11.1 Å². The second-order valence-corrected chi connectivity index (χ2v) is 5.76. The molecule has 0 saturated carbocycles. The molecule has 0 spiro atoms. The van der Waals surface area contributed by atoms with Gasteiger partial charge in [0.1, 0.15) is 5.82 Å². The number of amides is 1. The minimum Gasteiger partial charge on any atom is -0.399 e. The van der Waals surface area contributed by atoms with E-state index < -0.39 is 0 Å². The van der Waals surface area contributed by atoms with Crippen molar-refractivity contribution in [3.63, 3.8) is 0 Å². The van der Waals surface area contributed by atoms with Crippen LogP contribution in [0.15, 0.2) is 39.3 Å². The SMILES string of the molecule is Cc1nc(NC(=O)c2cc(N)cc(Br)c2)ccc1Br. The van der Waals surface area contributed by atoms with Crippen LogP contribution in [-0.2, 0) is 0 Å². The third-order valence-corrected chi connectivity index (χ3v) is 3.74. The van der Waals surface area contributed by atoms with Crippen molar-refractivity contribution in [2.24, 2.45) is 0 Å². The zero-order valence-corrected chi connectivity index (χ0v) is 13.2. The van der Waals surface area contributed by atoms with Crippen LogP contribution in [0.5, 0.6) is 0 Å². The van der Waals surface area contributed by atoms with Crippen LogP contribution in [0.4, 0.5) is 11.5 Å². The van der Waals surface area contributed by atoms with E-state index >= 15 is 0 Å². The van der Waals surface area contributed by atoms with Gasteiger partial charge in [0.15, 0.2) is 0 Å². The van der Waals surface area contributed by atoms with Crippen molar-refractivity contribution in [2.45, 2.75) is 6.92 Å². The van der Waals surface area contributed by atoms with Crippen LogP contribution in [0.25, 0.3) is 0 Å². The number of aromatic nitrogens is 1. The Morgan fingerprint density at radius 2 is 2.00 bits per heavy atom. The van der Waals surface area contributed by atoms with Gasteiger partial charge in [0.25, 0.3) is 5.91 Å². The molecule has 0 unspecified atom stereocenters. The summed E-state index contributed by atoms with van der Waals surface area (Å²) in [7, 11) is 0. The van der Waals surface area contributed by atoms with Crippen molar-refractivity contribution in [3.05, 3.63) is 50.5 Å². The number of hydrogen-bond donors (Lipinski definition) is 2. The van der Waals surface area contributed by atoms with Crippen LogP contribution in [0.3, 0.4) is 0 Å². The van der Waals surface area contributed by atoms with Crippen molar-refractivity contribution >= 4 is 49.3 Å². The van der Waals surface area contributed by atoms with Gasteiger partial charge < -0.3 is 11.1 Å². The summed E-state index contributed by atoms with van der Waals surface area (Å²) in [5.41, 5.74) is 7.52. The molecule has 6 heteroatoms. The number of hydrogen-bond acceptors (Lipinski definition) is 3. The summed E-state index contributed by atoms with van der Waals surface area (Å²) in [6.07, 6.45) is 0. The van der Waals surface area contributed by atoms with Gasteiger partial charge in [0, 0.05) is 20.2 Å². The lowest BCUT2D eigenvalue weighted by Crippen LogP contribution is -2.13. The van der Waals surface area contributed by atoms with E-state index in [0.717, 1.165) is 14.6 Å². The third-order valence-electron chi connectivity index (χ3n) is 2.45. The number of anilines is 2. The quantitative estimate of drug-likeness (QED) is 0.774. The zero-order chi connectivity index (χ0) is 14.0. The molecule has 0 radical (unpaired) electrons. The molecule has 0 aliphatic heterocycles. The summed E-state index contributed by atoms with van der Waals surface area (Å²) < 4.78 is 1.66. The first-order valence-electron chi connectivity index (χ1n) is 5.46. The Morgan fingerprint density at radius 3 is 2.63 bits per heavy atom. The highest BCUT2D eigenvalue weighted by molar-refractivity contribution is 9.10. The van der Waals surface area contributed by atoms with Gasteiger partial charge in [-0.3, -0.25) is 4.79 Å². The number of halogens is 2. The summed E-state index contributed by atoms with van der Waals surface area (Å²) in [6, 6.07) is 8.63. The lowest BCUT2D eigenvalue weighted by Gasteiger charge is -2.07. The van der Waals surface area contributed by atoms with Gasteiger partial charge in [-0.25, -0.2) is 4.98 Å². The molecule has 0 atom stereocenters. The molecule has 98 valence electrons. The fourth-order valence-electron chi connectivity index (χ4n) is 1.55.